The Morgan fingerprint density at radius 3 is 2.89 bits per heavy atom. The first kappa shape index (κ1) is 25.3. The van der Waals surface area contributed by atoms with E-state index in [2.05, 4.69) is 20.6 Å². The number of rotatable bonds is 9. The molecule has 9 nitrogen and oxygen atoms in total. The molecule has 0 bridgehead atoms. The summed E-state index contributed by atoms with van der Waals surface area (Å²) in [7, 11) is 1.56. The highest BCUT2D eigenvalue weighted by atomic mass is 35.5. The molecule has 1 aliphatic heterocycles. The Kier molecular flexibility index (Phi) is 7.66. The van der Waals surface area contributed by atoms with Gasteiger partial charge in [-0.2, -0.15) is 0 Å². The number of nitrogens with zero attached hydrogens (tertiary/aromatic N) is 3. The lowest BCUT2D eigenvalue weighted by Gasteiger charge is -2.19. The summed E-state index contributed by atoms with van der Waals surface area (Å²) in [5.41, 5.74) is 1.75. The van der Waals surface area contributed by atoms with Gasteiger partial charge in [-0.3, -0.25) is 9.59 Å². The highest BCUT2D eigenvalue weighted by Gasteiger charge is 2.32. The van der Waals surface area contributed by atoms with Crippen LogP contribution in [0.25, 0.3) is 11.3 Å². The first-order valence-corrected chi connectivity index (χ1v) is 11.6. The molecule has 1 unspecified atom stereocenters. The third kappa shape index (κ3) is 5.39. The van der Waals surface area contributed by atoms with E-state index in [0.717, 1.165) is 5.56 Å². The SMILES string of the molecule is COc1cccc(C(C)NC(=O)CN2Cc3c(F)cc(-c4nc(NCCO)ncc4Cl)cc3C2=O)c1. The number of hydrogen-bond donors (Lipinski definition) is 3. The molecule has 4 rings (SSSR count). The average Bonchev–Trinajstić information content (AvgIpc) is 3.18. The molecule has 2 amide bonds. The van der Waals surface area contributed by atoms with E-state index >= 15 is 4.39 Å². The van der Waals surface area contributed by atoms with Crippen molar-refractivity contribution < 1.29 is 23.8 Å². The molecule has 36 heavy (non-hydrogen) atoms. The summed E-state index contributed by atoms with van der Waals surface area (Å²) in [4.78, 5) is 35.3. The van der Waals surface area contributed by atoms with Crippen molar-refractivity contribution in [2.24, 2.45) is 0 Å². The molecule has 0 aliphatic carbocycles. The van der Waals surface area contributed by atoms with Gasteiger partial charge >= 0.3 is 0 Å². The van der Waals surface area contributed by atoms with Crippen molar-refractivity contribution in [3.05, 3.63) is 70.1 Å². The van der Waals surface area contributed by atoms with Gasteiger partial charge in [0.15, 0.2) is 0 Å². The Bertz CT molecular complexity index is 1310. The van der Waals surface area contributed by atoms with Crippen LogP contribution in [-0.2, 0) is 11.3 Å². The Hall–Kier alpha value is -3.76. The molecule has 0 fully saturated rings. The lowest BCUT2D eigenvalue weighted by atomic mass is 10.0. The smallest absolute Gasteiger partial charge is 0.255 e. The predicted octanol–water partition coefficient (Wildman–Crippen LogP) is 3.18. The Labute approximate surface area is 212 Å². The van der Waals surface area contributed by atoms with Crippen LogP contribution in [0.4, 0.5) is 10.3 Å². The van der Waals surface area contributed by atoms with Gasteiger partial charge in [-0.05, 0) is 36.8 Å². The Balaban J connectivity index is 1.49. The minimum Gasteiger partial charge on any atom is -0.497 e. The highest BCUT2D eigenvalue weighted by molar-refractivity contribution is 6.33. The quantitative estimate of drug-likeness (QED) is 0.402. The molecule has 11 heteroatoms. The molecule has 0 radical (unpaired) electrons. The average molecular weight is 514 g/mol. The van der Waals surface area contributed by atoms with Crippen molar-refractivity contribution in [2.45, 2.75) is 19.5 Å². The Morgan fingerprint density at radius 2 is 2.14 bits per heavy atom. The van der Waals surface area contributed by atoms with Crippen molar-refractivity contribution in [1.82, 2.24) is 20.2 Å². The predicted molar refractivity (Wildman–Crippen MR) is 132 cm³/mol. The van der Waals surface area contributed by atoms with Gasteiger partial charge in [0, 0.05) is 23.2 Å². The molecule has 188 valence electrons. The molecule has 3 N–H and O–H groups in total. The number of hydrogen-bond acceptors (Lipinski definition) is 7. The monoisotopic (exact) mass is 513 g/mol. The summed E-state index contributed by atoms with van der Waals surface area (Å²) in [5.74, 6) is -0.545. The minimum absolute atomic E-state index is 0.0257. The number of aromatic nitrogens is 2. The molecule has 0 saturated heterocycles. The molecule has 2 aromatic carbocycles. The third-order valence-corrected chi connectivity index (χ3v) is 6.06. The van der Waals surface area contributed by atoms with E-state index in [0.29, 0.717) is 11.3 Å². The number of aliphatic hydroxyl groups is 1. The Morgan fingerprint density at radius 1 is 1.33 bits per heavy atom. The van der Waals surface area contributed by atoms with Crippen LogP contribution in [0.15, 0.2) is 42.6 Å². The zero-order valence-corrected chi connectivity index (χ0v) is 20.5. The topological polar surface area (TPSA) is 117 Å². The van der Waals surface area contributed by atoms with Gasteiger partial charge < -0.3 is 25.4 Å². The van der Waals surface area contributed by atoms with Gasteiger partial charge in [0.1, 0.15) is 18.1 Å². The number of carbonyl (C=O) groups excluding carboxylic acids is 2. The summed E-state index contributed by atoms with van der Waals surface area (Å²) in [6.45, 7) is 1.69. The van der Waals surface area contributed by atoms with Gasteiger partial charge in [0.05, 0.1) is 43.2 Å². The van der Waals surface area contributed by atoms with Crippen molar-refractivity contribution in [1.29, 1.82) is 0 Å². The van der Waals surface area contributed by atoms with E-state index in [9.17, 15) is 9.59 Å². The van der Waals surface area contributed by atoms with Crippen LogP contribution in [0.1, 0.15) is 34.5 Å². The van der Waals surface area contributed by atoms with Crippen LogP contribution in [-0.4, -0.2) is 58.6 Å². The zero-order valence-electron chi connectivity index (χ0n) is 19.7. The molecule has 0 saturated carbocycles. The molecule has 0 spiro atoms. The number of amides is 2. The van der Waals surface area contributed by atoms with E-state index in [1.807, 2.05) is 31.2 Å². The van der Waals surface area contributed by atoms with Crippen LogP contribution in [0, 0.1) is 5.82 Å². The minimum atomic E-state index is -0.594. The number of aliphatic hydroxyl groups excluding tert-OH is 1. The zero-order chi connectivity index (χ0) is 25.8. The first-order chi connectivity index (χ1) is 17.3. The van der Waals surface area contributed by atoms with E-state index < -0.39 is 11.7 Å². The normalized spacial score (nSPS) is 13.4. The fourth-order valence-electron chi connectivity index (χ4n) is 3.96. The molecule has 3 aromatic rings. The van der Waals surface area contributed by atoms with Crippen LogP contribution < -0.4 is 15.4 Å². The third-order valence-electron chi connectivity index (χ3n) is 5.78. The maximum Gasteiger partial charge on any atom is 0.255 e. The summed E-state index contributed by atoms with van der Waals surface area (Å²) in [6.07, 6.45) is 1.36. The number of carbonyl (C=O) groups is 2. The van der Waals surface area contributed by atoms with Crippen LogP contribution in [0.2, 0.25) is 5.02 Å². The molecule has 1 atom stereocenters. The summed E-state index contributed by atoms with van der Waals surface area (Å²) in [6, 6.07) is 9.78. The first-order valence-electron chi connectivity index (χ1n) is 11.2. The molecule has 1 aromatic heterocycles. The van der Waals surface area contributed by atoms with Gasteiger partial charge in [-0.15, -0.1) is 0 Å². The highest BCUT2D eigenvalue weighted by Crippen LogP contribution is 2.33. The summed E-state index contributed by atoms with van der Waals surface area (Å²) in [5, 5.41) is 14.8. The second-order valence-electron chi connectivity index (χ2n) is 8.25. The summed E-state index contributed by atoms with van der Waals surface area (Å²) < 4.78 is 20.3. The molecule has 2 heterocycles. The van der Waals surface area contributed by atoms with E-state index in [1.165, 1.54) is 23.2 Å². The number of halogens is 2. The number of ether oxygens (including phenoxy) is 1. The molecular weight excluding hydrogens is 489 g/mol. The second kappa shape index (κ2) is 10.9. The lowest BCUT2D eigenvalue weighted by molar-refractivity contribution is -0.122. The van der Waals surface area contributed by atoms with E-state index in [4.69, 9.17) is 21.4 Å². The molecule has 1 aliphatic rings. The van der Waals surface area contributed by atoms with Gasteiger partial charge in [-0.25, -0.2) is 14.4 Å². The maximum absolute atomic E-state index is 15.0. The van der Waals surface area contributed by atoms with Crippen LogP contribution in [0.5, 0.6) is 5.75 Å². The number of benzene rings is 2. The number of fused-ring (bicyclic) bond motifs is 1. The fraction of sp³-hybridized carbons (Fsp3) is 0.280. The molecular formula is C25H25ClFN5O4. The number of nitrogens with one attached hydrogen (secondary N) is 2. The van der Waals surface area contributed by atoms with Gasteiger partial charge in [0.25, 0.3) is 5.91 Å². The fourth-order valence-corrected chi connectivity index (χ4v) is 4.16. The van der Waals surface area contributed by atoms with Gasteiger partial charge in [0.2, 0.25) is 11.9 Å². The van der Waals surface area contributed by atoms with Crippen LogP contribution >= 0.6 is 11.6 Å². The van der Waals surface area contributed by atoms with Crippen molar-refractivity contribution in [3.8, 4) is 17.0 Å². The second-order valence-corrected chi connectivity index (χ2v) is 8.66. The number of methoxy groups -OCH3 is 1. The number of anilines is 1. The van der Waals surface area contributed by atoms with Crippen LogP contribution in [0.3, 0.4) is 0 Å². The standard InChI is InChI=1S/C25H25ClFN5O4/c1-14(15-4-3-5-17(8-15)36-2)30-22(34)13-32-12-19-18(24(32)35)9-16(10-21(19)27)23-20(26)11-29-25(31-23)28-6-7-33/h3-5,8-11,14,33H,6-7,12-13H2,1-2H3,(H,30,34)(H,28,29,31). The van der Waals surface area contributed by atoms with Gasteiger partial charge in [-0.1, -0.05) is 23.7 Å². The summed E-state index contributed by atoms with van der Waals surface area (Å²) >= 11 is 6.24. The lowest BCUT2D eigenvalue weighted by Crippen LogP contribution is -2.38. The van der Waals surface area contributed by atoms with E-state index in [-0.39, 0.29) is 66.0 Å². The van der Waals surface area contributed by atoms with E-state index in [1.54, 1.807) is 7.11 Å². The van der Waals surface area contributed by atoms with Crippen molar-refractivity contribution >= 4 is 29.4 Å². The maximum atomic E-state index is 15.0. The van der Waals surface area contributed by atoms with Crippen molar-refractivity contribution in [3.63, 3.8) is 0 Å². The largest absolute Gasteiger partial charge is 0.497 e. The van der Waals surface area contributed by atoms with Crippen molar-refractivity contribution in [2.75, 3.05) is 32.1 Å².